The van der Waals surface area contributed by atoms with Gasteiger partial charge in [-0.3, -0.25) is 4.79 Å². The van der Waals surface area contributed by atoms with Crippen LogP contribution in [0.1, 0.15) is 23.4 Å². The molecular weight excluding hydrogens is 433 g/mol. The Morgan fingerprint density at radius 2 is 2.13 bits per heavy atom. The zero-order chi connectivity index (χ0) is 21.4. The molecule has 4 aromatic rings. The van der Waals surface area contributed by atoms with Crippen LogP contribution in [-0.4, -0.2) is 33.8 Å². The van der Waals surface area contributed by atoms with Crippen molar-refractivity contribution in [3.63, 3.8) is 0 Å². The maximum absolute atomic E-state index is 13.3. The lowest BCUT2D eigenvalue weighted by molar-refractivity contribution is -0.125. The Balaban J connectivity index is 1.34. The Labute approximate surface area is 187 Å². The summed E-state index contributed by atoms with van der Waals surface area (Å²) in [6.45, 7) is 4.09. The molecule has 1 amide bonds. The number of amides is 1. The number of nitrogens with one attached hydrogen (secondary N) is 1. The number of benzene rings is 1. The second-order valence-electron chi connectivity index (χ2n) is 7.71. The summed E-state index contributed by atoms with van der Waals surface area (Å²) in [6.07, 6.45) is 1.84. The average molecular weight is 456 g/mol. The highest BCUT2D eigenvalue weighted by atomic mass is 32.1. The van der Waals surface area contributed by atoms with Crippen LogP contribution in [-0.2, 0) is 11.3 Å². The Bertz CT molecular complexity index is 1200. The van der Waals surface area contributed by atoms with Gasteiger partial charge in [0.2, 0.25) is 5.91 Å². The molecule has 6 nitrogen and oxygen atoms in total. The summed E-state index contributed by atoms with van der Waals surface area (Å²) in [5.74, 6) is -0.220. The fraction of sp³-hybridized carbons (Fsp3) is 0.318. The van der Waals surface area contributed by atoms with E-state index in [0.29, 0.717) is 13.1 Å². The molecule has 5 rings (SSSR count). The van der Waals surface area contributed by atoms with Crippen molar-refractivity contribution in [2.75, 3.05) is 18.0 Å². The number of piperidine rings is 1. The molecule has 1 N–H and O–H groups in total. The molecular formula is C22H22FN5OS2. The number of halogens is 1. The van der Waals surface area contributed by atoms with Crippen LogP contribution < -0.4 is 10.2 Å². The highest BCUT2D eigenvalue weighted by Gasteiger charge is 2.28. The van der Waals surface area contributed by atoms with Crippen LogP contribution in [0.5, 0.6) is 0 Å². The van der Waals surface area contributed by atoms with E-state index in [-0.39, 0.29) is 17.6 Å². The summed E-state index contributed by atoms with van der Waals surface area (Å²) in [5.41, 5.74) is 2.44. The van der Waals surface area contributed by atoms with Gasteiger partial charge in [0.05, 0.1) is 28.5 Å². The van der Waals surface area contributed by atoms with Gasteiger partial charge < -0.3 is 10.2 Å². The predicted octanol–water partition coefficient (Wildman–Crippen LogP) is 4.52. The van der Waals surface area contributed by atoms with Crippen LogP contribution in [0.4, 0.5) is 9.52 Å². The van der Waals surface area contributed by atoms with Gasteiger partial charge in [-0.25, -0.2) is 9.07 Å². The van der Waals surface area contributed by atoms with Gasteiger partial charge in [-0.2, -0.15) is 10.1 Å². The van der Waals surface area contributed by atoms with E-state index in [9.17, 15) is 9.18 Å². The van der Waals surface area contributed by atoms with Gasteiger partial charge in [-0.15, -0.1) is 11.3 Å². The Morgan fingerprint density at radius 3 is 2.90 bits per heavy atom. The highest BCUT2D eigenvalue weighted by molar-refractivity contribution is 7.22. The van der Waals surface area contributed by atoms with E-state index >= 15 is 0 Å². The largest absolute Gasteiger partial charge is 0.351 e. The van der Waals surface area contributed by atoms with Gasteiger partial charge in [0.15, 0.2) is 10.8 Å². The van der Waals surface area contributed by atoms with E-state index in [1.807, 2.05) is 24.4 Å². The van der Waals surface area contributed by atoms with Gasteiger partial charge in [0, 0.05) is 18.0 Å². The first kappa shape index (κ1) is 20.1. The van der Waals surface area contributed by atoms with Crippen molar-refractivity contribution in [2.45, 2.75) is 26.3 Å². The number of hydrogen-bond donors (Lipinski definition) is 1. The van der Waals surface area contributed by atoms with Crippen molar-refractivity contribution in [3.8, 4) is 5.69 Å². The number of carbonyl (C=O) groups is 1. The van der Waals surface area contributed by atoms with Gasteiger partial charge in [-0.1, -0.05) is 17.4 Å². The molecule has 0 aliphatic carbocycles. The van der Waals surface area contributed by atoms with Crippen molar-refractivity contribution < 1.29 is 9.18 Å². The van der Waals surface area contributed by atoms with Crippen LogP contribution in [0.25, 0.3) is 16.0 Å². The number of carbonyl (C=O) groups excluding carboxylic acids is 1. The van der Waals surface area contributed by atoms with Crippen LogP contribution in [0.15, 0.2) is 41.8 Å². The van der Waals surface area contributed by atoms with E-state index in [0.717, 1.165) is 51.1 Å². The number of anilines is 1. The number of hydrogen-bond acceptors (Lipinski definition) is 6. The van der Waals surface area contributed by atoms with Crippen molar-refractivity contribution in [3.05, 3.63) is 58.2 Å². The topological polar surface area (TPSA) is 63.1 Å². The van der Waals surface area contributed by atoms with E-state index < -0.39 is 0 Å². The van der Waals surface area contributed by atoms with Crippen molar-refractivity contribution in [1.29, 1.82) is 0 Å². The molecule has 1 aliphatic heterocycles. The van der Waals surface area contributed by atoms with Crippen molar-refractivity contribution in [2.24, 2.45) is 5.92 Å². The molecule has 31 heavy (non-hydrogen) atoms. The number of thiophene rings is 1. The molecule has 1 saturated heterocycles. The minimum atomic E-state index is -0.278. The molecule has 0 saturated carbocycles. The molecule has 160 valence electrons. The molecule has 1 aliphatic rings. The first-order valence-corrected chi connectivity index (χ1v) is 12.0. The first-order valence-electron chi connectivity index (χ1n) is 10.3. The number of aryl methyl sites for hydroxylation is 1. The summed E-state index contributed by atoms with van der Waals surface area (Å²) in [5, 5.41) is 10.6. The molecule has 3 aromatic heterocycles. The molecule has 1 fully saturated rings. The monoisotopic (exact) mass is 455 g/mol. The lowest BCUT2D eigenvalue weighted by atomic mass is 9.97. The van der Waals surface area contributed by atoms with Crippen molar-refractivity contribution in [1.82, 2.24) is 20.1 Å². The summed E-state index contributed by atoms with van der Waals surface area (Å²) < 4.78 is 16.1. The van der Waals surface area contributed by atoms with Crippen LogP contribution in [0.2, 0.25) is 0 Å². The Morgan fingerprint density at radius 1 is 1.29 bits per heavy atom. The Hall–Kier alpha value is -2.78. The third kappa shape index (κ3) is 4.07. The maximum atomic E-state index is 13.3. The minimum Gasteiger partial charge on any atom is -0.351 e. The van der Waals surface area contributed by atoms with E-state index in [1.165, 1.54) is 12.1 Å². The van der Waals surface area contributed by atoms with Gasteiger partial charge in [-0.05, 0) is 55.5 Å². The third-order valence-corrected chi connectivity index (χ3v) is 7.62. The lowest BCUT2D eigenvalue weighted by Gasteiger charge is -2.31. The first-order chi connectivity index (χ1) is 15.1. The second kappa shape index (κ2) is 8.39. The molecule has 0 bridgehead atoms. The van der Waals surface area contributed by atoms with Crippen molar-refractivity contribution >= 4 is 44.1 Å². The zero-order valence-corrected chi connectivity index (χ0v) is 18.7. The average Bonchev–Trinajstić information content (AvgIpc) is 3.52. The van der Waals surface area contributed by atoms with E-state index in [2.05, 4.69) is 15.3 Å². The van der Waals surface area contributed by atoms with E-state index in [4.69, 9.17) is 4.98 Å². The normalized spacial score (nSPS) is 16.7. The Kier molecular flexibility index (Phi) is 5.45. The van der Waals surface area contributed by atoms with Gasteiger partial charge in [0.1, 0.15) is 5.82 Å². The number of thiazole rings is 1. The molecule has 1 atom stereocenters. The summed E-state index contributed by atoms with van der Waals surface area (Å²) in [4.78, 5) is 20.9. The summed E-state index contributed by atoms with van der Waals surface area (Å²) in [6, 6.07) is 10.3. The van der Waals surface area contributed by atoms with Gasteiger partial charge >= 0.3 is 0 Å². The van der Waals surface area contributed by atoms with Crippen LogP contribution in [0, 0.1) is 18.7 Å². The summed E-state index contributed by atoms with van der Waals surface area (Å²) in [7, 11) is 0. The molecule has 4 heterocycles. The number of nitrogens with zero attached hydrogens (tertiary/aromatic N) is 4. The second-order valence-corrected chi connectivity index (χ2v) is 9.71. The van der Waals surface area contributed by atoms with Gasteiger partial charge in [0.25, 0.3) is 0 Å². The highest BCUT2D eigenvalue weighted by Crippen LogP contribution is 2.34. The SMILES string of the molecule is Cc1nn(-c2ccc(F)cc2)c2nc(N3CCC[C@H](C(=O)NCc4cccs4)C3)sc12. The molecule has 0 radical (unpaired) electrons. The number of fused-ring (bicyclic) bond motifs is 1. The lowest BCUT2D eigenvalue weighted by Crippen LogP contribution is -2.42. The van der Waals surface area contributed by atoms with Crippen LogP contribution in [0.3, 0.4) is 0 Å². The molecule has 0 unspecified atom stereocenters. The maximum Gasteiger partial charge on any atom is 0.225 e. The van der Waals surface area contributed by atoms with E-state index in [1.54, 1.807) is 39.5 Å². The molecule has 1 aromatic carbocycles. The smallest absolute Gasteiger partial charge is 0.225 e. The molecule has 9 heteroatoms. The number of aromatic nitrogens is 3. The third-order valence-electron chi connectivity index (χ3n) is 5.53. The summed E-state index contributed by atoms with van der Waals surface area (Å²) >= 11 is 3.25. The number of rotatable bonds is 5. The standard InChI is InChI=1S/C22H22FN5OS2/c1-14-19-20(28(26-14)17-8-6-16(23)7-9-17)25-22(31-19)27-10-2-4-15(13-27)21(29)24-12-18-5-3-11-30-18/h3,5-9,11,15H,2,4,10,12-13H2,1H3,(H,24,29)/t15-/m0/s1. The predicted molar refractivity (Wildman–Crippen MR) is 123 cm³/mol. The fourth-order valence-corrected chi connectivity index (χ4v) is 5.58. The minimum absolute atomic E-state index is 0.0459. The zero-order valence-electron chi connectivity index (χ0n) is 17.0. The van der Waals surface area contributed by atoms with Crippen LogP contribution >= 0.6 is 22.7 Å². The quantitative estimate of drug-likeness (QED) is 0.481. The molecule has 0 spiro atoms. The fourth-order valence-electron chi connectivity index (χ4n) is 3.92.